The van der Waals surface area contributed by atoms with Gasteiger partial charge < -0.3 is 10.6 Å². The molecule has 0 aromatic carbocycles. The minimum Gasteiger partial charge on any atom is -0.356 e. The maximum absolute atomic E-state index is 11.8. The Morgan fingerprint density at radius 1 is 1.44 bits per heavy atom. The molecule has 1 saturated heterocycles. The molecule has 0 radical (unpaired) electrons. The molecule has 0 aromatic heterocycles. The summed E-state index contributed by atoms with van der Waals surface area (Å²) in [5.41, 5.74) is 0. The smallest absolute Gasteiger partial charge is 0.224 e. The van der Waals surface area contributed by atoms with E-state index < -0.39 is 0 Å². The molecule has 2 N–H and O–H groups in total. The van der Waals surface area contributed by atoms with E-state index in [4.69, 9.17) is 0 Å². The maximum atomic E-state index is 11.8. The predicted octanol–water partition coefficient (Wildman–Crippen LogP) is 1.93. The number of carbonyl (C=O) groups excluding carboxylic acids is 1. The highest BCUT2D eigenvalue weighted by atomic mass is 16.1. The number of hydrogen-bond donors (Lipinski definition) is 2. The van der Waals surface area contributed by atoms with E-state index in [1.807, 2.05) is 0 Å². The third-order valence-electron chi connectivity index (χ3n) is 3.37. The third kappa shape index (κ3) is 4.52. The Labute approximate surface area is 99.4 Å². The van der Waals surface area contributed by atoms with Gasteiger partial charge in [-0.25, -0.2) is 0 Å². The first-order valence-electron chi connectivity index (χ1n) is 6.62. The van der Waals surface area contributed by atoms with Gasteiger partial charge in [-0.1, -0.05) is 26.7 Å². The van der Waals surface area contributed by atoms with Crippen LogP contribution in [0.3, 0.4) is 0 Å². The summed E-state index contributed by atoms with van der Waals surface area (Å²) in [6.45, 7) is 8.40. The van der Waals surface area contributed by atoms with Crippen molar-refractivity contribution in [3.63, 3.8) is 0 Å². The van der Waals surface area contributed by atoms with Crippen LogP contribution in [0.15, 0.2) is 0 Å². The lowest BCUT2D eigenvalue weighted by Crippen LogP contribution is -2.37. The summed E-state index contributed by atoms with van der Waals surface area (Å²) in [7, 11) is 0. The Kier molecular flexibility index (Phi) is 5.81. The second-order valence-electron chi connectivity index (χ2n) is 5.32. The van der Waals surface area contributed by atoms with Gasteiger partial charge in [-0.05, 0) is 32.2 Å². The van der Waals surface area contributed by atoms with Crippen molar-refractivity contribution in [3.8, 4) is 0 Å². The summed E-state index contributed by atoms with van der Waals surface area (Å²) in [5, 5.41) is 6.36. The molecule has 1 heterocycles. The molecule has 3 heteroatoms. The van der Waals surface area contributed by atoms with Gasteiger partial charge in [0, 0.05) is 12.6 Å². The highest BCUT2D eigenvalue weighted by molar-refractivity contribution is 5.79. The van der Waals surface area contributed by atoms with E-state index in [9.17, 15) is 4.79 Å². The normalized spacial score (nSPS) is 25.0. The van der Waals surface area contributed by atoms with Crippen LogP contribution in [0.25, 0.3) is 0 Å². The fourth-order valence-corrected chi connectivity index (χ4v) is 2.24. The van der Waals surface area contributed by atoms with E-state index in [0.717, 1.165) is 31.8 Å². The first-order chi connectivity index (χ1) is 7.61. The van der Waals surface area contributed by atoms with Gasteiger partial charge in [0.2, 0.25) is 5.91 Å². The minimum absolute atomic E-state index is 0.185. The van der Waals surface area contributed by atoms with Gasteiger partial charge in [0.1, 0.15) is 0 Å². The summed E-state index contributed by atoms with van der Waals surface area (Å²) in [4.78, 5) is 11.8. The molecule has 0 saturated carbocycles. The summed E-state index contributed by atoms with van der Waals surface area (Å²) >= 11 is 0. The van der Waals surface area contributed by atoms with Crippen molar-refractivity contribution in [2.24, 2.45) is 11.8 Å². The summed E-state index contributed by atoms with van der Waals surface area (Å²) in [6, 6.07) is 0.343. The van der Waals surface area contributed by atoms with E-state index in [1.165, 1.54) is 12.8 Å². The van der Waals surface area contributed by atoms with E-state index >= 15 is 0 Å². The molecule has 1 rings (SSSR count). The van der Waals surface area contributed by atoms with Gasteiger partial charge in [-0.15, -0.1) is 0 Å². The molecule has 2 unspecified atom stereocenters. The number of amides is 1. The number of unbranched alkanes of at least 4 members (excludes halogenated alkanes) is 1. The molecule has 0 aliphatic carbocycles. The lowest BCUT2D eigenvalue weighted by atomic mass is 10.0. The molecule has 94 valence electrons. The number of carbonyl (C=O) groups is 1. The van der Waals surface area contributed by atoms with Crippen LogP contribution >= 0.6 is 0 Å². The Morgan fingerprint density at radius 2 is 2.19 bits per heavy atom. The molecule has 0 spiro atoms. The minimum atomic E-state index is 0.185. The van der Waals surface area contributed by atoms with Crippen molar-refractivity contribution in [2.75, 3.05) is 13.1 Å². The summed E-state index contributed by atoms with van der Waals surface area (Å²) < 4.78 is 0. The van der Waals surface area contributed by atoms with Crippen LogP contribution in [0.2, 0.25) is 0 Å². The zero-order valence-electron chi connectivity index (χ0n) is 10.9. The van der Waals surface area contributed by atoms with E-state index in [0.29, 0.717) is 6.04 Å². The topological polar surface area (TPSA) is 41.1 Å². The van der Waals surface area contributed by atoms with Gasteiger partial charge in [0.05, 0.1) is 5.92 Å². The Bertz CT molecular complexity index is 216. The Balaban J connectivity index is 2.06. The monoisotopic (exact) mass is 226 g/mol. The van der Waals surface area contributed by atoms with Gasteiger partial charge in [-0.2, -0.15) is 0 Å². The second-order valence-corrected chi connectivity index (χ2v) is 5.32. The van der Waals surface area contributed by atoms with Crippen molar-refractivity contribution in [2.45, 2.75) is 52.5 Å². The van der Waals surface area contributed by atoms with Crippen molar-refractivity contribution in [1.82, 2.24) is 10.6 Å². The van der Waals surface area contributed by atoms with Crippen LogP contribution in [0, 0.1) is 11.8 Å². The molecule has 16 heavy (non-hydrogen) atoms. The predicted molar refractivity (Wildman–Crippen MR) is 67.3 cm³/mol. The lowest BCUT2D eigenvalue weighted by Gasteiger charge is -2.14. The first kappa shape index (κ1) is 13.5. The van der Waals surface area contributed by atoms with Crippen molar-refractivity contribution >= 4 is 5.91 Å². The SMILES string of the molecule is CC(C)CCCCNC(=O)C1CCNC1C. The molecule has 1 fully saturated rings. The maximum Gasteiger partial charge on any atom is 0.224 e. The van der Waals surface area contributed by atoms with Crippen LogP contribution < -0.4 is 10.6 Å². The highest BCUT2D eigenvalue weighted by Crippen LogP contribution is 2.14. The zero-order chi connectivity index (χ0) is 12.0. The quantitative estimate of drug-likeness (QED) is 0.679. The average molecular weight is 226 g/mol. The average Bonchev–Trinajstić information content (AvgIpc) is 2.63. The van der Waals surface area contributed by atoms with Crippen molar-refractivity contribution in [3.05, 3.63) is 0 Å². The van der Waals surface area contributed by atoms with E-state index in [-0.39, 0.29) is 11.8 Å². The molecule has 3 nitrogen and oxygen atoms in total. The number of hydrogen-bond acceptors (Lipinski definition) is 2. The summed E-state index contributed by atoms with van der Waals surface area (Å²) in [6.07, 6.45) is 4.57. The lowest BCUT2D eigenvalue weighted by molar-refractivity contribution is -0.125. The molecular weight excluding hydrogens is 200 g/mol. The molecule has 2 atom stereocenters. The van der Waals surface area contributed by atoms with Crippen LogP contribution in [0.5, 0.6) is 0 Å². The standard InChI is InChI=1S/C13H26N2O/c1-10(2)6-4-5-8-15-13(16)12-7-9-14-11(12)3/h10-12,14H,4-9H2,1-3H3,(H,15,16). The van der Waals surface area contributed by atoms with Crippen LogP contribution in [0.4, 0.5) is 0 Å². The molecule has 1 aliphatic rings. The van der Waals surface area contributed by atoms with Gasteiger partial charge in [0.15, 0.2) is 0 Å². The Morgan fingerprint density at radius 3 is 2.75 bits per heavy atom. The second kappa shape index (κ2) is 6.89. The summed E-state index contributed by atoms with van der Waals surface area (Å²) in [5.74, 6) is 1.20. The van der Waals surface area contributed by atoms with Crippen molar-refractivity contribution in [1.29, 1.82) is 0 Å². The molecule has 0 bridgehead atoms. The first-order valence-corrected chi connectivity index (χ1v) is 6.62. The zero-order valence-corrected chi connectivity index (χ0v) is 10.9. The van der Waals surface area contributed by atoms with Crippen LogP contribution in [0.1, 0.15) is 46.5 Å². The van der Waals surface area contributed by atoms with Gasteiger partial charge in [0.25, 0.3) is 0 Å². The molecular formula is C13H26N2O. The molecule has 1 amide bonds. The Hall–Kier alpha value is -0.570. The number of nitrogens with one attached hydrogen (secondary N) is 2. The number of rotatable bonds is 6. The molecule has 0 aromatic rings. The highest BCUT2D eigenvalue weighted by Gasteiger charge is 2.28. The fraction of sp³-hybridized carbons (Fsp3) is 0.923. The van der Waals surface area contributed by atoms with Crippen LogP contribution in [-0.2, 0) is 4.79 Å². The van der Waals surface area contributed by atoms with Gasteiger partial charge in [-0.3, -0.25) is 4.79 Å². The third-order valence-corrected chi connectivity index (χ3v) is 3.37. The van der Waals surface area contributed by atoms with Crippen molar-refractivity contribution < 1.29 is 4.79 Å². The van der Waals surface area contributed by atoms with E-state index in [2.05, 4.69) is 31.4 Å². The van der Waals surface area contributed by atoms with Gasteiger partial charge >= 0.3 is 0 Å². The van der Waals surface area contributed by atoms with Crippen LogP contribution in [-0.4, -0.2) is 25.0 Å². The fourth-order valence-electron chi connectivity index (χ4n) is 2.24. The van der Waals surface area contributed by atoms with E-state index in [1.54, 1.807) is 0 Å². The largest absolute Gasteiger partial charge is 0.356 e. The molecule has 1 aliphatic heterocycles.